The van der Waals surface area contributed by atoms with Crippen LogP contribution in [0, 0.1) is 0 Å². The molecule has 1 atom stereocenters. The highest BCUT2D eigenvalue weighted by atomic mass is 79.9. The standard InChI is InChI=1S/C11H7Br2F3N2S/c12-5-1-2-7(13)6(3-5)9(17)8-4-18-10(19-8)11(14,15)16/h1-4,9H,17H2. The van der Waals surface area contributed by atoms with Crippen molar-refractivity contribution in [3.8, 4) is 0 Å². The van der Waals surface area contributed by atoms with Crippen LogP contribution in [0.25, 0.3) is 0 Å². The van der Waals surface area contributed by atoms with Gasteiger partial charge < -0.3 is 5.73 Å². The third-order valence-electron chi connectivity index (χ3n) is 2.37. The number of halogens is 5. The third-order valence-corrected chi connectivity index (χ3v) is 4.71. The second kappa shape index (κ2) is 5.51. The van der Waals surface area contributed by atoms with Crippen LogP contribution < -0.4 is 5.73 Å². The Morgan fingerprint density at radius 3 is 2.53 bits per heavy atom. The van der Waals surface area contributed by atoms with Crippen molar-refractivity contribution in [2.24, 2.45) is 5.73 Å². The van der Waals surface area contributed by atoms with E-state index in [1.807, 2.05) is 6.07 Å². The Morgan fingerprint density at radius 1 is 1.26 bits per heavy atom. The minimum atomic E-state index is -4.43. The minimum absolute atomic E-state index is 0.367. The summed E-state index contributed by atoms with van der Waals surface area (Å²) in [4.78, 5) is 3.74. The SMILES string of the molecule is NC(c1cnc(C(F)(F)F)s1)c1cc(Br)ccc1Br. The van der Waals surface area contributed by atoms with E-state index < -0.39 is 17.2 Å². The summed E-state index contributed by atoms with van der Waals surface area (Å²) in [6, 6.07) is 4.71. The average molecular weight is 416 g/mol. The van der Waals surface area contributed by atoms with E-state index in [-0.39, 0.29) is 0 Å². The molecule has 0 saturated heterocycles. The predicted octanol–water partition coefficient (Wildman–Crippen LogP) is 4.74. The van der Waals surface area contributed by atoms with Gasteiger partial charge in [-0.1, -0.05) is 31.9 Å². The largest absolute Gasteiger partial charge is 0.443 e. The topological polar surface area (TPSA) is 38.9 Å². The fourth-order valence-electron chi connectivity index (χ4n) is 1.47. The molecule has 1 aromatic carbocycles. The van der Waals surface area contributed by atoms with Crippen LogP contribution in [0.15, 0.2) is 33.3 Å². The molecule has 0 spiro atoms. The number of aromatic nitrogens is 1. The fraction of sp³-hybridized carbons (Fsp3) is 0.182. The lowest BCUT2D eigenvalue weighted by Gasteiger charge is -2.12. The maximum atomic E-state index is 12.5. The van der Waals surface area contributed by atoms with E-state index in [4.69, 9.17) is 5.73 Å². The van der Waals surface area contributed by atoms with E-state index in [9.17, 15) is 13.2 Å². The Hall–Kier alpha value is -0.440. The second-order valence-electron chi connectivity index (χ2n) is 3.71. The Bertz CT molecular complexity index is 598. The van der Waals surface area contributed by atoms with Crippen LogP contribution in [0.5, 0.6) is 0 Å². The molecular weight excluding hydrogens is 409 g/mol. The summed E-state index contributed by atoms with van der Waals surface area (Å²) in [5, 5.41) is -0.885. The van der Waals surface area contributed by atoms with Gasteiger partial charge in [-0.15, -0.1) is 11.3 Å². The lowest BCUT2D eigenvalue weighted by atomic mass is 10.1. The second-order valence-corrected chi connectivity index (χ2v) is 6.54. The Kier molecular flexibility index (Phi) is 4.34. The maximum absolute atomic E-state index is 12.5. The molecule has 0 saturated carbocycles. The molecule has 0 aliphatic carbocycles. The molecule has 19 heavy (non-hydrogen) atoms. The van der Waals surface area contributed by atoms with Gasteiger partial charge in [0.05, 0.1) is 6.04 Å². The summed E-state index contributed by atoms with van der Waals surface area (Å²) in [7, 11) is 0. The molecule has 2 N–H and O–H groups in total. The van der Waals surface area contributed by atoms with Crippen molar-refractivity contribution in [2.45, 2.75) is 12.2 Å². The maximum Gasteiger partial charge on any atom is 0.443 e. The molecule has 2 aromatic rings. The number of hydrogen-bond donors (Lipinski definition) is 1. The summed E-state index contributed by atoms with van der Waals surface area (Å²) in [5.74, 6) is 0. The van der Waals surface area contributed by atoms with Gasteiger partial charge in [0, 0.05) is 20.0 Å². The molecule has 0 bridgehead atoms. The van der Waals surface area contributed by atoms with Crippen molar-refractivity contribution in [3.05, 3.63) is 48.8 Å². The van der Waals surface area contributed by atoms with Crippen molar-refractivity contribution in [1.29, 1.82) is 0 Å². The van der Waals surface area contributed by atoms with Gasteiger partial charge in [-0.3, -0.25) is 0 Å². The highest BCUT2D eigenvalue weighted by Crippen LogP contribution is 2.37. The van der Waals surface area contributed by atoms with Gasteiger partial charge in [0.1, 0.15) is 0 Å². The highest BCUT2D eigenvalue weighted by molar-refractivity contribution is 9.11. The number of nitrogens with zero attached hydrogens (tertiary/aromatic N) is 1. The van der Waals surface area contributed by atoms with Crippen molar-refractivity contribution in [3.63, 3.8) is 0 Å². The Labute approximate surface area is 128 Å². The monoisotopic (exact) mass is 414 g/mol. The molecule has 1 unspecified atom stereocenters. The van der Waals surface area contributed by atoms with Crippen molar-refractivity contribution >= 4 is 43.2 Å². The summed E-state index contributed by atoms with van der Waals surface area (Å²) in [6.45, 7) is 0. The molecule has 1 aromatic heterocycles. The first-order chi connectivity index (χ1) is 8.79. The molecule has 0 aliphatic heterocycles. The fourth-order valence-corrected chi connectivity index (χ4v) is 3.14. The summed E-state index contributed by atoms with van der Waals surface area (Å²) in [5.41, 5.74) is 6.70. The van der Waals surface area contributed by atoms with Crippen LogP contribution in [-0.4, -0.2) is 4.98 Å². The summed E-state index contributed by atoms with van der Waals surface area (Å²) >= 11 is 7.20. The van der Waals surface area contributed by atoms with Crippen molar-refractivity contribution in [2.75, 3.05) is 0 Å². The quantitative estimate of drug-likeness (QED) is 0.769. The van der Waals surface area contributed by atoms with E-state index >= 15 is 0 Å². The van der Waals surface area contributed by atoms with E-state index in [1.165, 1.54) is 6.20 Å². The van der Waals surface area contributed by atoms with E-state index in [0.717, 1.165) is 8.95 Å². The molecule has 8 heteroatoms. The molecule has 1 heterocycles. The molecule has 0 aliphatic rings. The van der Waals surface area contributed by atoms with Crippen LogP contribution in [0.3, 0.4) is 0 Å². The van der Waals surface area contributed by atoms with Crippen LogP contribution in [-0.2, 0) is 6.18 Å². The van der Waals surface area contributed by atoms with Crippen LogP contribution >= 0.6 is 43.2 Å². The highest BCUT2D eigenvalue weighted by Gasteiger charge is 2.35. The smallest absolute Gasteiger partial charge is 0.320 e. The first kappa shape index (κ1) is 15.0. The number of rotatable bonds is 2. The number of thiazole rings is 1. The lowest BCUT2D eigenvalue weighted by Crippen LogP contribution is -2.11. The number of hydrogen-bond acceptors (Lipinski definition) is 3. The lowest BCUT2D eigenvalue weighted by molar-refractivity contribution is -0.137. The van der Waals surface area contributed by atoms with Gasteiger partial charge in [0.25, 0.3) is 0 Å². The zero-order valence-corrected chi connectivity index (χ0v) is 13.2. The minimum Gasteiger partial charge on any atom is -0.320 e. The van der Waals surface area contributed by atoms with Gasteiger partial charge in [0.2, 0.25) is 0 Å². The Morgan fingerprint density at radius 2 is 1.95 bits per heavy atom. The molecule has 0 fully saturated rings. The van der Waals surface area contributed by atoms with Gasteiger partial charge in [-0.2, -0.15) is 13.2 Å². The van der Waals surface area contributed by atoms with E-state index in [2.05, 4.69) is 36.8 Å². The first-order valence-corrected chi connectivity index (χ1v) is 7.42. The molecular formula is C11H7Br2F3N2S. The van der Waals surface area contributed by atoms with Crippen LogP contribution in [0.4, 0.5) is 13.2 Å². The number of nitrogens with two attached hydrogens (primary N) is 1. The normalized spacial score (nSPS) is 13.6. The number of benzene rings is 1. The molecule has 2 rings (SSSR count). The zero-order chi connectivity index (χ0) is 14.2. The predicted molar refractivity (Wildman–Crippen MR) is 75.0 cm³/mol. The average Bonchev–Trinajstić information content (AvgIpc) is 2.80. The first-order valence-electron chi connectivity index (χ1n) is 5.02. The third kappa shape index (κ3) is 3.36. The van der Waals surface area contributed by atoms with E-state index in [0.29, 0.717) is 21.8 Å². The molecule has 2 nitrogen and oxygen atoms in total. The molecule has 0 radical (unpaired) electrons. The van der Waals surface area contributed by atoms with Gasteiger partial charge in [-0.25, -0.2) is 4.98 Å². The number of alkyl halides is 3. The van der Waals surface area contributed by atoms with Gasteiger partial charge in [-0.05, 0) is 23.8 Å². The van der Waals surface area contributed by atoms with E-state index in [1.54, 1.807) is 12.1 Å². The zero-order valence-electron chi connectivity index (χ0n) is 9.21. The molecule has 0 amide bonds. The summed E-state index contributed by atoms with van der Waals surface area (Å²) in [6.07, 6.45) is -3.26. The van der Waals surface area contributed by atoms with Crippen LogP contribution in [0.2, 0.25) is 0 Å². The summed E-state index contributed by atoms with van der Waals surface area (Å²) < 4.78 is 39.1. The van der Waals surface area contributed by atoms with Gasteiger partial charge >= 0.3 is 6.18 Å². The molecule has 102 valence electrons. The van der Waals surface area contributed by atoms with Crippen molar-refractivity contribution < 1.29 is 13.2 Å². The Balaban J connectivity index is 2.36. The van der Waals surface area contributed by atoms with Crippen LogP contribution in [0.1, 0.15) is 21.5 Å². The van der Waals surface area contributed by atoms with Crippen molar-refractivity contribution in [1.82, 2.24) is 4.98 Å². The van der Waals surface area contributed by atoms with Gasteiger partial charge in [0.15, 0.2) is 5.01 Å².